The van der Waals surface area contributed by atoms with Gasteiger partial charge in [0, 0.05) is 5.02 Å². The van der Waals surface area contributed by atoms with Crippen molar-refractivity contribution in [3.8, 4) is 0 Å². The molecular formula is C10H11ClO2S. The van der Waals surface area contributed by atoms with Crippen LogP contribution in [-0.4, -0.2) is 16.4 Å². The second-order valence-corrected chi connectivity index (χ2v) is 3.27. The molecule has 0 radical (unpaired) electrons. The summed E-state index contributed by atoms with van der Waals surface area (Å²) in [6.45, 7) is 1.54. The van der Waals surface area contributed by atoms with Gasteiger partial charge in [-0.1, -0.05) is 42.0 Å². The summed E-state index contributed by atoms with van der Waals surface area (Å²) < 4.78 is 0. The van der Waals surface area contributed by atoms with E-state index in [9.17, 15) is 4.79 Å². The lowest BCUT2D eigenvalue weighted by Gasteiger charge is -1.90. The Balaban J connectivity index is 0.000000241. The van der Waals surface area contributed by atoms with Gasteiger partial charge in [-0.25, -0.2) is 0 Å². The van der Waals surface area contributed by atoms with E-state index >= 15 is 0 Å². The molecule has 0 saturated carbocycles. The summed E-state index contributed by atoms with van der Waals surface area (Å²) in [6.07, 6.45) is 0. The summed E-state index contributed by atoms with van der Waals surface area (Å²) in [4.78, 5) is 9.83. The van der Waals surface area contributed by atoms with Crippen molar-refractivity contribution in [1.29, 1.82) is 0 Å². The number of hydrogen-bond donors (Lipinski definition) is 1. The first-order chi connectivity index (χ1) is 6.57. The monoisotopic (exact) mass is 230 g/mol. The number of aliphatic carboxylic acids is 1. The number of benzene rings is 1. The predicted octanol–water partition coefficient (Wildman–Crippen LogP) is 3.05. The standard InChI is InChI=1S/C6H5Cl.C4H6O2S/c7-6-4-2-1-3-5-6;1-3(2-7)4(5)6/h1-5H;2-3H,1H3,(H,5,6). The van der Waals surface area contributed by atoms with Gasteiger partial charge in [0.1, 0.15) is 0 Å². The Bertz CT molecular complexity index is 287. The minimum absolute atomic E-state index is 0.491. The van der Waals surface area contributed by atoms with Crippen LogP contribution in [0.1, 0.15) is 6.92 Å². The van der Waals surface area contributed by atoms with Gasteiger partial charge in [0.25, 0.3) is 0 Å². The molecule has 0 fully saturated rings. The van der Waals surface area contributed by atoms with Gasteiger partial charge >= 0.3 is 5.97 Å². The normalized spacial score (nSPS) is 10.7. The van der Waals surface area contributed by atoms with Gasteiger partial charge in [-0.15, -0.1) is 0 Å². The molecule has 4 heteroatoms. The Morgan fingerprint density at radius 1 is 1.50 bits per heavy atom. The highest BCUT2D eigenvalue weighted by Gasteiger charge is 2.03. The van der Waals surface area contributed by atoms with Crippen molar-refractivity contribution in [2.75, 3.05) is 0 Å². The molecule has 0 aliphatic rings. The van der Waals surface area contributed by atoms with Crippen LogP contribution in [0.3, 0.4) is 0 Å². The largest absolute Gasteiger partial charge is 0.481 e. The van der Waals surface area contributed by atoms with E-state index in [1.54, 1.807) is 0 Å². The lowest BCUT2D eigenvalue weighted by atomic mass is 10.2. The number of carboxylic acid groups (broad SMARTS) is 1. The van der Waals surface area contributed by atoms with Crippen molar-refractivity contribution in [2.24, 2.45) is 5.92 Å². The van der Waals surface area contributed by atoms with Crippen LogP contribution in [0.25, 0.3) is 0 Å². The smallest absolute Gasteiger partial charge is 0.310 e. The summed E-state index contributed by atoms with van der Waals surface area (Å²) >= 11 is 9.88. The minimum atomic E-state index is -0.866. The van der Waals surface area contributed by atoms with Gasteiger partial charge in [-0.3, -0.25) is 4.79 Å². The van der Waals surface area contributed by atoms with Crippen LogP contribution in [-0.2, 0) is 4.79 Å². The Morgan fingerprint density at radius 3 is 2.14 bits per heavy atom. The molecule has 0 heterocycles. The third-order valence-corrected chi connectivity index (χ3v) is 1.99. The van der Waals surface area contributed by atoms with Crippen LogP contribution in [0.5, 0.6) is 0 Å². The Morgan fingerprint density at radius 2 is 2.00 bits per heavy atom. The Kier molecular flexibility index (Phi) is 6.98. The zero-order chi connectivity index (χ0) is 11.0. The third-order valence-electron chi connectivity index (χ3n) is 1.33. The zero-order valence-electron chi connectivity index (χ0n) is 7.68. The molecule has 0 saturated heterocycles. The minimum Gasteiger partial charge on any atom is -0.481 e. The van der Waals surface area contributed by atoms with Gasteiger partial charge in [0.2, 0.25) is 0 Å². The summed E-state index contributed by atoms with van der Waals surface area (Å²) in [6, 6.07) is 9.44. The topological polar surface area (TPSA) is 37.3 Å². The molecule has 1 atom stereocenters. The fourth-order valence-electron chi connectivity index (χ4n) is 0.473. The highest BCUT2D eigenvalue weighted by molar-refractivity contribution is 7.79. The maximum absolute atomic E-state index is 9.83. The van der Waals surface area contributed by atoms with Crippen molar-refractivity contribution in [3.05, 3.63) is 35.4 Å². The fraction of sp³-hybridized carbons (Fsp3) is 0.200. The first kappa shape index (κ1) is 13.1. The van der Waals surface area contributed by atoms with E-state index in [1.165, 1.54) is 12.3 Å². The molecule has 1 aromatic carbocycles. The zero-order valence-corrected chi connectivity index (χ0v) is 9.26. The summed E-state index contributed by atoms with van der Waals surface area (Å²) in [5, 5.41) is 10.1. The summed E-state index contributed by atoms with van der Waals surface area (Å²) in [5.41, 5.74) is 0. The maximum Gasteiger partial charge on any atom is 0.310 e. The van der Waals surface area contributed by atoms with Gasteiger partial charge < -0.3 is 5.11 Å². The fourth-order valence-corrected chi connectivity index (χ4v) is 0.735. The number of halogens is 1. The average Bonchev–Trinajstić information content (AvgIpc) is 2.18. The van der Waals surface area contributed by atoms with Gasteiger partial charge in [-0.05, 0) is 24.4 Å². The van der Waals surface area contributed by atoms with Crippen LogP contribution in [0.2, 0.25) is 5.02 Å². The number of carbonyl (C=O) groups is 1. The molecule has 1 rings (SSSR count). The number of hydrogen-bond acceptors (Lipinski definition) is 2. The van der Waals surface area contributed by atoms with E-state index in [2.05, 4.69) is 12.2 Å². The second kappa shape index (κ2) is 7.47. The quantitative estimate of drug-likeness (QED) is 0.794. The molecule has 14 heavy (non-hydrogen) atoms. The van der Waals surface area contributed by atoms with Crippen LogP contribution in [0, 0.1) is 5.92 Å². The third kappa shape index (κ3) is 6.57. The van der Waals surface area contributed by atoms with E-state index in [0.29, 0.717) is 0 Å². The molecular weight excluding hydrogens is 220 g/mol. The van der Waals surface area contributed by atoms with E-state index in [-0.39, 0.29) is 0 Å². The lowest BCUT2D eigenvalue weighted by Crippen LogP contribution is -2.08. The molecule has 0 aliphatic carbocycles. The molecule has 1 aromatic rings. The predicted molar refractivity (Wildman–Crippen MR) is 61.9 cm³/mol. The first-order valence-corrected chi connectivity index (χ1v) is 4.81. The molecule has 0 amide bonds. The molecule has 0 aromatic heterocycles. The second-order valence-electron chi connectivity index (χ2n) is 2.56. The highest BCUT2D eigenvalue weighted by atomic mass is 35.5. The van der Waals surface area contributed by atoms with Crippen molar-refractivity contribution >= 4 is 35.2 Å². The molecule has 1 N–H and O–H groups in total. The van der Waals surface area contributed by atoms with Crippen molar-refractivity contribution in [2.45, 2.75) is 6.92 Å². The molecule has 0 bridgehead atoms. The van der Waals surface area contributed by atoms with Crippen molar-refractivity contribution in [1.82, 2.24) is 0 Å². The number of rotatable bonds is 2. The van der Waals surface area contributed by atoms with Gasteiger partial charge in [-0.2, -0.15) is 0 Å². The maximum atomic E-state index is 9.83. The van der Waals surface area contributed by atoms with Gasteiger partial charge in [0.05, 0.1) is 5.92 Å². The summed E-state index contributed by atoms with van der Waals surface area (Å²) in [5.74, 6) is -1.36. The van der Waals surface area contributed by atoms with E-state index in [1.807, 2.05) is 30.3 Å². The Labute approximate surface area is 93.5 Å². The molecule has 1 unspecified atom stereocenters. The van der Waals surface area contributed by atoms with Crippen molar-refractivity contribution in [3.63, 3.8) is 0 Å². The lowest BCUT2D eigenvalue weighted by molar-refractivity contribution is -0.138. The van der Waals surface area contributed by atoms with Crippen LogP contribution in [0.15, 0.2) is 30.3 Å². The van der Waals surface area contributed by atoms with Crippen LogP contribution >= 0.6 is 23.8 Å². The van der Waals surface area contributed by atoms with E-state index in [0.717, 1.165) is 5.02 Å². The number of carboxylic acids is 1. The van der Waals surface area contributed by atoms with Crippen molar-refractivity contribution < 1.29 is 9.90 Å². The summed E-state index contributed by atoms with van der Waals surface area (Å²) in [7, 11) is 0. The number of thiocarbonyl (C=S) groups is 1. The molecule has 2 nitrogen and oxygen atoms in total. The first-order valence-electron chi connectivity index (χ1n) is 3.96. The SMILES string of the molecule is CC(C=S)C(=O)O.Clc1ccccc1. The van der Waals surface area contributed by atoms with Crippen LogP contribution in [0.4, 0.5) is 0 Å². The van der Waals surface area contributed by atoms with E-state index in [4.69, 9.17) is 16.7 Å². The molecule has 0 aliphatic heterocycles. The Hall–Kier alpha value is -0.930. The molecule has 0 spiro atoms. The van der Waals surface area contributed by atoms with Crippen LogP contribution < -0.4 is 0 Å². The van der Waals surface area contributed by atoms with Gasteiger partial charge in [0.15, 0.2) is 0 Å². The highest BCUT2D eigenvalue weighted by Crippen LogP contribution is 2.03. The molecule has 76 valence electrons. The average molecular weight is 231 g/mol. The van der Waals surface area contributed by atoms with E-state index < -0.39 is 11.9 Å².